The van der Waals surface area contributed by atoms with Crippen LogP contribution in [0.5, 0.6) is 0 Å². The van der Waals surface area contributed by atoms with Gasteiger partial charge in [0.05, 0.1) is 12.5 Å². The Morgan fingerprint density at radius 3 is 2.75 bits per heavy atom. The predicted octanol–water partition coefficient (Wildman–Crippen LogP) is 2.92. The zero-order valence-corrected chi connectivity index (χ0v) is 14.9. The third-order valence-corrected chi connectivity index (χ3v) is 4.68. The summed E-state index contributed by atoms with van der Waals surface area (Å²) in [7, 11) is 0. The first-order valence-electron chi connectivity index (χ1n) is 8.76. The molecule has 0 aromatic heterocycles. The molecule has 5 heteroatoms. The van der Waals surface area contributed by atoms with Gasteiger partial charge in [0, 0.05) is 18.3 Å². The van der Waals surface area contributed by atoms with Gasteiger partial charge in [-0.2, -0.15) is 0 Å². The van der Waals surface area contributed by atoms with E-state index in [9.17, 15) is 9.59 Å². The lowest BCUT2D eigenvalue weighted by Gasteiger charge is -2.31. The van der Waals surface area contributed by atoms with Gasteiger partial charge in [0.25, 0.3) is 0 Å². The van der Waals surface area contributed by atoms with Crippen LogP contribution in [0.25, 0.3) is 0 Å². The number of carboxylic acids is 1. The van der Waals surface area contributed by atoms with Crippen molar-refractivity contribution < 1.29 is 14.7 Å². The molecule has 2 rings (SSSR count). The molecule has 5 nitrogen and oxygen atoms in total. The smallest absolute Gasteiger partial charge is 0.307 e. The summed E-state index contributed by atoms with van der Waals surface area (Å²) in [6.07, 6.45) is 2.58. The fraction of sp³-hybridized carbons (Fsp3) is 0.579. The van der Waals surface area contributed by atoms with E-state index in [0.29, 0.717) is 19.5 Å². The Morgan fingerprint density at radius 2 is 2.17 bits per heavy atom. The van der Waals surface area contributed by atoms with Crippen LogP contribution in [0.3, 0.4) is 0 Å². The molecule has 24 heavy (non-hydrogen) atoms. The van der Waals surface area contributed by atoms with Crippen molar-refractivity contribution in [3.8, 4) is 0 Å². The molecule has 1 aliphatic heterocycles. The van der Waals surface area contributed by atoms with Crippen LogP contribution in [0.4, 0.5) is 5.69 Å². The quantitative estimate of drug-likeness (QED) is 0.834. The number of anilines is 1. The molecule has 1 aliphatic rings. The highest BCUT2D eigenvalue weighted by molar-refractivity contribution is 5.95. The van der Waals surface area contributed by atoms with Crippen molar-refractivity contribution in [3.05, 3.63) is 29.8 Å². The number of amides is 1. The number of rotatable bonds is 7. The van der Waals surface area contributed by atoms with Gasteiger partial charge in [-0.05, 0) is 50.9 Å². The third kappa shape index (κ3) is 4.57. The summed E-state index contributed by atoms with van der Waals surface area (Å²) >= 11 is 0. The molecule has 1 heterocycles. The maximum atomic E-state index is 12.9. The molecular formula is C19H28N2O3. The van der Waals surface area contributed by atoms with Gasteiger partial charge in [-0.3, -0.25) is 14.5 Å². The molecule has 2 unspecified atom stereocenters. The van der Waals surface area contributed by atoms with E-state index in [0.717, 1.165) is 24.1 Å². The Kier molecular flexibility index (Phi) is 6.37. The minimum atomic E-state index is -0.764. The number of nitrogens with zero attached hydrogens (tertiary/aromatic N) is 2. The van der Waals surface area contributed by atoms with E-state index in [-0.39, 0.29) is 24.4 Å². The monoisotopic (exact) mass is 332 g/mol. The van der Waals surface area contributed by atoms with Gasteiger partial charge >= 0.3 is 5.97 Å². The second-order valence-corrected chi connectivity index (χ2v) is 6.80. The van der Waals surface area contributed by atoms with Gasteiger partial charge in [0.2, 0.25) is 5.91 Å². The molecule has 0 spiro atoms. The fourth-order valence-corrected chi connectivity index (χ4v) is 3.41. The average molecular weight is 332 g/mol. The first-order chi connectivity index (χ1) is 11.4. The zero-order valence-electron chi connectivity index (χ0n) is 14.9. The fourth-order valence-electron chi connectivity index (χ4n) is 3.41. The van der Waals surface area contributed by atoms with Crippen LogP contribution in [0.2, 0.25) is 0 Å². The molecule has 0 bridgehead atoms. The summed E-state index contributed by atoms with van der Waals surface area (Å²) in [6, 6.07) is 8.13. The standard InChI is InChI=1S/C19H28N2O3/c1-4-6-15(3)21(17-8-5-7-14(2)11-17)18(22)13-20-10-9-16(12-20)19(23)24/h5,7-8,11,15-16H,4,6,9-10,12-13H2,1-3H3,(H,23,24). The van der Waals surface area contributed by atoms with Crippen molar-refractivity contribution >= 4 is 17.6 Å². The van der Waals surface area contributed by atoms with Crippen molar-refractivity contribution in [2.45, 2.75) is 46.1 Å². The van der Waals surface area contributed by atoms with E-state index in [1.165, 1.54) is 0 Å². The molecule has 1 saturated heterocycles. The van der Waals surface area contributed by atoms with E-state index in [1.54, 1.807) is 0 Å². The summed E-state index contributed by atoms with van der Waals surface area (Å²) < 4.78 is 0. The maximum Gasteiger partial charge on any atom is 0.307 e. The van der Waals surface area contributed by atoms with Gasteiger partial charge in [0.1, 0.15) is 0 Å². The lowest BCUT2D eigenvalue weighted by molar-refractivity contribution is -0.141. The van der Waals surface area contributed by atoms with E-state index in [2.05, 4.69) is 13.8 Å². The Hall–Kier alpha value is -1.88. The number of hydrogen-bond donors (Lipinski definition) is 1. The molecule has 132 valence electrons. The van der Waals surface area contributed by atoms with Gasteiger partial charge < -0.3 is 10.0 Å². The summed E-state index contributed by atoms with van der Waals surface area (Å²) in [5.74, 6) is -1.06. The minimum absolute atomic E-state index is 0.0487. The van der Waals surface area contributed by atoms with E-state index in [4.69, 9.17) is 5.11 Å². The number of carbonyl (C=O) groups excluding carboxylic acids is 1. The van der Waals surface area contributed by atoms with Gasteiger partial charge in [0.15, 0.2) is 0 Å². The second kappa shape index (κ2) is 8.29. The summed E-state index contributed by atoms with van der Waals surface area (Å²) in [6.45, 7) is 7.64. The average Bonchev–Trinajstić information content (AvgIpc) is 2.96. The number of aryl methyl sites for hydroxylation is 1. The third-order valence-electron chi connectivity index (χ3n) is 4.68. The molecular weight excluding hydrogens is 304 g/mol. The van der Waals surface area contributed by atoms with Crippen LogP contribution in [0.1, 0.15) is 38.7 Å². The van der Waals surface area contributed by atoms with Crippen molar-refractivity contribution in [3.63, 3.8) is 0 Å². The molecule has 0 saturated carbocycles. The van der Waals surface area contributed by atoms with Crippen molar-refractivity contribution in [2.75, 3.05) is 24.5 Å². The van der Waals surface area contributed by atoms with Crippen LogP contribution in [-0.4, -0.2) is 47.6 Å². The van der Waals surface area contributed by atoms with Crippen LogP contribution >= 0.6 is 0 Å². The first kappa shape index (κ1) is 18.5. The zero-order chi connectivity index (χ0) is 17.7. The molecule has 1 N–H and O–H groups in total. The lowest BCUT2D eigenvalue weighted by atomic mass is 10.1. The van der Waals surface area contributed by atoms with E-state index >= 15 is 0 Å². The summed E-state index contributed by atoms with van der Waals surface area (Å²) in [5, 5.41) is 9.12. The summed E-state index contributed by atoms with van der Waals surface area (Å²) in [5.41, 5.74) is 2.05. The number of hydrogen-bond acceptors (Lipinski definition) is 3. The predicted molar refractivity (Wildman–Crippen MR) is 95.2 cm³/mol. The summed E-state index contributed by atoms with van der Waals surface area (Å²) in [4.78, 5) is 27.9. The van der Waals surface area contributed by atoms with E-state index < -0.39 is 5.97 Å². The molecule has 0 radical (unpaired) electrons. The molecule has 1 aromatic carbocycles. The first-order valence-corrected chi connectivity index (χ1v) is 8.76. The van der Waals surface area contributed by atoms with Gasteiger partial charge in [-0.15, -0.1) is 0 Å². The number of carbonyl (C=O) groups is 2. The Morgan fingerprint density at radius 1 is 1.42 bits per heavy atom. The lowest BCUT2D eigenvalue weighted by Crippen LogP contribution is -2.44. The Balaban J connectivity index is 2.12. The van der Waals surface area contributed by atoms with Gasteiger partial charge in [-0.1, -0.05) is 25.5 Å². The number of aliphatic carboxylic acids is 1. The van der Waals surface area contributed by atoms with Crippen molar-refractivity contribution in [1.82, 2.24) is 4.90 Å². The topological polar surface area (TPSA) is 60.9 Å². The van der Waals surface area contributed by atoms with Gasteiger partial charge in [-0.25, -0.2) is 0 Å². The van der Waals surface area contributed by atoms with Crippen LogP contribution < -0.4 is 4.90 Å². The molecule has 2 atom stereocenters. The highest BCUT2D eigenvalue weighted by Crippen LogP contribution is 2.23. The molecule has 1 amide bonds. The second-order valence-electron chi connectivity index (χ2n) is 6.80. The van der Waals surface area contributed by atoms with Crippen molar-refractivity contribution in [2.24, 2.45) is 5.92 Å². The highest BCUT2D eigenvalue weighted by atomic mass is 16.4. The molecule has 1 fully saturated rings. The highest BCUT2D eigenvalue weighted by Gasteiger charge is 2.31. The number of carboxylic acid groups (broad SMARTS) is 1. The van der Waals surface area contributed by atoms with Crippen molar-refractivity contribution in [1.29, 1.82) is 0 Å². The Bertz CT molecular complexity index is 588. The molecule has 0 aliphatic carbocycles. The largest absolute Gasteiger partial charge is 0.481 e. The minimum Gasteiger partial charge on any atom is -0.481 e. The number of benzene rings is 1. The van der Waals surface area contributed by atoms with Crippen LogP contribution in [0, 0.1) is 12.8 Å². The van der Waals surface area contributed by atoms with Crippen LogP contribution in [-0.2, 0) is 9.59 Å². The number of likely N-dealkylation sites (tertiary alicyclic amines) is 1. The maximum absolute atomic E-state index is 12.9. The molecule has 1 aromatic rings. The normalized spacial score (nSPS) is 19.2. The Labute approximate surface area is 144 Å². The van der Waals surface area contributed by atoms with E-state index in [1.807, 2.05) is 41.0 Å². The van der Waals surface area contributed by atoms with Crippen LogP contribution in [0.15, 0.2) is 24.3 Å². The SMILES string of the molecule is CCCC(C)N(C(=O)CN1CCC(C(=O)O)C1)c1cccc(C)c1.